The van der Waals surface area contributed by atoms with E-state index in [1.165, 1.54) is 12.1 Å². The zero-order valence-corrected chi connectivity index (χ0v) is 11.9. The fraction of sp³-hybridized carbons (Fsp3) is 0.571. The lowest BCUT2D eigenvalue weighted by atomic mass is 10.2. The van der Waals surface area contributed by atoms with Crippen LogP contribution in [0.25, 0.3) is 0 Å². The Morgan fingerprint density at radius 2 is 2.30 bits per heavy atom. The first-order valence-electron chi connectivity index (χ1n) is 6.92. The van der Waals surface area contributed by atoms with Crippen molar-refractivity contribution in [2.45, 2.75) is 25.8 Å². The molecule has 1 unspecified atom stereocenters. The van der Waals surface area contributed by atoms with Crippen molar-refractivity contribution in [3.8, 4) is 0 Å². The van der Waals surface area contributed by atoms with Crippen LogP contribution in [0.2, 0.25) is 0 Å². The number of benzene rings is 1. The number of nitro benzene ring substituents is 1. The highest BCUT2D eigenvalue weighted by molar-refractivity contribution is 5.62. The summed E-state index contributed by atoms with van der Waals surface area (Å²) in [4.78, 5) is 14.7. The highest BCUT2D eigenvalue weighted by Crippen LogP contribution is 2.29. The minimum atomic E-state index is -0.579. The third-order valence-corrected chi connectivity index (χ3v) is 3.94. The average molecular weight is 281 g/mol. The van der Waals surface area contributed by atoms with Crippen molar-refractivity contribution in [3.05, 3.63) is 34.1 Å². The molecule has 1 fully saturated rings. The standard InChI is InChI=1S/C14H20FN3O2/c1-3-17-8-4-5-12(17)10-16(2)13-7-6-11(15)9-14(13)18(19)20/h6-7,9,12H,3-5,8,10H2,1-2H3. The monoisotopic (exact) mass is 281 g/mol. The quantitative estimate of drug-likeness (QED) is 0.615. The molecule has 1 aromatic carbocycles. The fourth-order valence-electron chi connectivity index (χ4n) is 2.90. The van der Waals surface area contributed by atoms with Gasteiger partial charge >= 0.3 is 0 Å². The van der Waals surface area contributed by atoms with Gasteiger partial charge in [0.15, 0.2) is 0 Å². The van der Waals surface area contributed by atoms with Crippen LogP contribution in [-0.4, -0.2) is 42.5 Å². The van der Waals surface area contributed by atoms with Crippen LogP contribution >= 0.6 is 0 Å². The number of anilines is 1. The summed E-state index contributed by atoms with van der Waals surface area (Å²) in [5, 5.41) is 11.0. The van der Waals surface area contributed by atoms with Crippen LogP contribution in [0.15, 0.2) is 18.2 Å². The molecule has 0 bridgehead atoms. The van der Waals surface area contributed by atoms with E-state index in [2.05, 4.69) is 11.8 Å². The Morgan fingerprint density at radius 3 is 2.95 bits per heavy atom. The highest BCUT2D eigenvalue weighted by Gasteiger charge is 2.26. The van der Waals surface area contributed by atoms with Gasteiger partial charge in [-0.25, -0.2) is 4.39 Å². The topological polar surface area (TPSA) is 49.6 Å². The Kier molecular flexibility index (Phi) is 4.54. The van der Waals surface area contributed by atoms with Crippen molar-refractivity contribution in [2.75, 3.05) is 31.6 Å². The molecule has 0 aliphatic carbocycles. The Balaban J connectivity index is 2.16. The van der Waals surface area contributed by atoms with Crippen LogP contribution in [0.4, 0.5) is 15.8 Å². The zero-order valence-electron chi connectivity index (χ0n) is 11.9. The first-order chi connectivity index (χ1) is 9.52. The molecular weight excluding hydrogens is 261 g/mol. The number of hydrogen-bond acceptors (Lipinski definition) is 4. The molecule has 5 nitrogen and oxygen atoms in total. The maximum atomic E-state index is 13.2. The number of likely N-dealkylation sites (tertiary alicyclic amines) is 1. The van der Waals surface area contributed by atoms with Crippen LogP contribution in [-0.2, 0) is 0 Å². The molecule has 0 aromatic heterocycles. The molecule has 1 atom stereocenters. The molecule has 6 heteroatoms. The lowest BCUT2D eigenvalue weighted by Gasteiger charge is -2.28. The average Bonchev–Trinajstić information content (AvgIpc) is 2.85. The minimum absolute atomic E-state index is 0.173. The second-order valence-corrected chi connectivity index (χ2v) is 5.20. The van der Waals surface area contributed by atoms with Crippen LogP contribution in [0.3, 0.4) is 0 Å². The zero-order chi connectivity index (χ0) is 14.7. The van der Waals surface area contributed by atoms with E-state index in [-0.39, 0.29) is 5.69 Å². The normalized spacial score (nSPS) is 19.2. The molecular formula is C14H20FN3O2. The van der Waals surface area contributed by atoms with E-state index in [0.717, 1.165) is 38.5 Å². The number of rotatable bonds is 5. The Labute approximate surface area is 118 Å². The Bertz CT molecular complexity index is 495. The molecule has 1 aromatic rings. The molecule has 0 spiro atoms. The van der Waals surface area contributed by atoms with Gasteiger partial charge < -0.3 is 4.90 Å². The Morgan fingerprint density at radius 1 is 1.55 bits per heavy atom. The minimum Gasteiger partial charge on any atom is -0.367 e. The van der Waals surface area contributed by atoms with Crippen molar-refractivity contribution < 1.29 is 9.31 Å². The van der Waals surface area contributed by atoms with Gasteiger partial charge in [-0.15, -0.1) is 0 Å². The Hall–Kier alpha value is -1.69. The van der Waals surface area contributed by atoms with Crippen molar-refractivity contribution >= 4 is 11.4 Å². The van der Waals surface area contributed by atoms with Crippen molar-refractivity contribution in [3.63, 3.8) is 0 Å². The van der Waals surface area contributed by atoms with Gasteiger partial charge in [-0.05, 0) is 38.1 Å². The van der Waals surface area contributed by atoms with E-state index in [0.29, 0.717) is 11.7 Å². The second-order valence-electron chi connectivity index (χ2n) is 5.20. The van der Waals surface area contributed by atoms with Gasteiger partial charge in [0.05, 0.1) is 11.0 Å². The summed E-state index contributed by atoms with van der Waals surface area (Å²) in [6.45, 7) is 4.92. The van der Waals surface area contributed by atoms with E-state index in [1.54, 1.807) is 0 Å². The molecule has 110 valence electrons. The molecule has 1 aliphatic rings. The number of halogens is 1. The number of hydrogen-bond donors (Lipinski definition) is 0. The predicted octanol–water partition coefficient (Wildman–Crippen LogP) is 2.65. The summed E-state index contributed by atoms with van der Waals surface area (Å²) < 4.78 is 13.2. The van der Waals surface area contributed by atoms with Gasteiger partial charge in [0.2, 0.25) is 0 Å². The SMILES string of the molecule is CCN1CCCC1CN(C)c1ccc(F)cc1[N+](=O)[O-]. The highest BCUT2D eigenvalue weighted by atomic mass is 19.1. The third kappa shape index (κ3) is 3.07. The van der Waals surface area contributed by atoms with Gasteiger partial charge in [-0.1, -0.05) is 6.92 Å². The second kappa shape index (κ2) is 6.17. The van der Waals surface area contributed by atoms with Gasteiger partial charge in [0.1, 0.15) is 11.5 Å². The summed E-state index contributed by atoms with van der Waals surface area (Å²) >= 11 is 0. The van der Waals surface area contributed by atoms with Gasteiger partial charge in [-0.2, -0.15) is 0 Å². The molecule has 0 radical (unpaired) electrons. The van der Waals surface area contributed by atoms with Crippen LogP contribution in [0.1, 0.15) is 19.8 Å². The molecule has 0 amide bonds. The number of nitro groups is 1. The summed E-state index contributed by atoms with van der Waals surface area (Å²) in [5.41, 5.74) is 0.299. The van der Waals surface area contributed by atoms with Crippen molar-refractivity contribution in [1.82, 2.24) is 4.90 Å². The van der Waals surface area contributed by atoms with Crippen molar-refractivity contribution in [1.29, 1.82) is 0 Å². The molecule has 0 N–H and O–H groups in total. The van der Waals surface area contributed by atoms with Gasteiger partial charge in [-0.3, -0.25) is 15.0 Å². The van der Waals surface area contributed by atoms with E-state index in [9.17, 15) is 14.5 Å². The van der Waals surface area contributed by atoms with Crippen LogP contribution < -0.4 is 4.90 Å². The van der Waals surface area contributed by atoms with Gasteiger partial charge in [0, 0.05) is 19.6 Å². The van der Waals surface area contributed by atoms with Crippen molar-refractivity contribution in [2.24, 2.45) is 0 Å². The summed E-state index contributed by atoms with van der Waals surface area (Å²) in [5.74, 6) is -0.579. The molecule has 0 saturated carbocycles. The lowest BCUT2D eigenvalue weighted by Crippen LogP contribution is -2.38. The van der Waals surface area contributed by atoms with E-state index >= 15 is 0 Å². The summed E-state index contributed by atoms with van der Waals surface area (Å²) in [6.07, 6.45) is 2.27. The first-order valence-corrected chi connectivity index (χ1v) is 6.92. The third-order valence-electron chi connectivity index (χ3n) is 3.94. The maximum absolute atomic E-state index is 13.2. The summed E-state index contributed by atoms with van der Waals surface area (Å²) in [6, 6.07) is 4.15. The molecule has 2 rings (SSSR count). The fourth-order valence-corrected chi connectivity index (χ4v) is 2.90. The van der Waals surface area contributed by atoms with E-state index < -0.39 is 10.7 Å². The lowest BCUT2D eigenvalue weighted by molar-refractivity contribution is -0.384. The molecule has 1 saturated heterocycles. The molecule has 1 heterocycles. The number of nitrogens with zero attached hydrogens (tertiary/aromatic N) is 3. The van der Waals surface area contributed by atoms with Gasteiger partial charge in [0.25, 0.3) is 5.69 Å². The number of likely N-dealkylation sites (N-methyl/N-ethyl adjacent to an activating group) is 2. The summed E-state index contributed by atoms with van der Waals surface area (Å²) in [7, 11) is 1.83. The first kappa shape index (κ1) is 14.7. The largest absolute Gasteiger partial charge is 0.367 e. The molecule has 20 heavy (non-hydrogen) atoms. The van der Waals surface area contributed by atoms with E-state index in [4.69, 9.17) is 0 Å². The smallest absolute Gasteiger partial charge is 0.295 e. The van der Waals surface area contributed by atoms with Crippen LogP contribution in [0, 0.1) is 15.9 Å². The predicted molar refractivity (Wildman–Crippen MR) is 76.6 cm³/mol. The van der Waals surface area contributed by atoms with Crippen LogP contribution in [0.5, 0.6) is 0 Å². The molecule has 1 aliphatic heterocycles. The van der Waals surface area contributed by atoms with E-state index in [1.807, 2.05) is 11.9 Å². The maximum Gasteiger partial charge on any atom is 0.295 e.